The van der Waals surface area contributed by atoms with Gasteiger partial charge in [-0.25, -0.2) is 0 Å². The number of nitrogens with zero attached hydrogens (tertiary/aromatic N) is 1. The molecule has 0 aliphatic heterocycles. The Balaban J connectivity index is 2.20. The minimum absolute atomic E-state index is 0.214. The van der Waals surface area contributed by atoms with Crippen molar-refractivity contribution in [2.24, 2.45) is 0 Å². The van der Waals surface area contributed by atoms with Gasteiger partial charge in [0.1, 0.15) is 0 Å². The van der Waals surface area contributed by atoms with Crippen LogP contribution in [0.3, 0.4) is 0 Å². The summed E-state index contributed by atoms with van der Waals surface area (Å²) in [5.41, 5.74) is 8.62. The van der Waals surface area contributed by atoms with E-state index in [1.54, 1.807) is 0 Å². The Morgan fingerprint density at radius 1 is 1.06 bits per heavy atom. The van der Waals surface area contributed by atoms with Crippen molar-refractivity contribution in [3.63, 3.8) is 0 Å². The highest BCUT2D eigenvalue weighted by Gasteiger charge is 2.23. The molecule has 0 saturated carbocycles. The number of pyridine rings is 1. The highest BCUT2D eigenvalue weighted by atomic mass is 14.6. The molecule has 92 valence electrons. The maximum atomic E-state index is 4.26. The molecule has 1 aliphatic rings. The van der Waals surface area contributed by atoms with Crippen molar-refractivity contribution in [2.45, 2.75) is 39.5 Å². The third kappa shape index (κ3) is 1.66. The molecule has 1 aromatic carbocycles. The molecule has 0 N–H and O–H groups in total. The van der Waals surface area contributed by atoms with Crippen LogP contribution < -0.4 is 0 Å². The van der Waals surface area contributed by atoms with E-state index in [0.717, 1.165) is 6.42 Å². The van der Waals surface area contributed by atoms with Gasteiger partial charge in [-0.2, -0.15) is 0 Å². The summed E-state index contributed by atoms with van der Waals surface area (Å²) >= 11 is 0. The van der Waals surface area contributed by atoms with Crippen molar-refractivity contribution in [1.82, 2.24) is 4.98 Å². The van der Waals surface area contributed by atoms with Gasteiger partial charge in [0.2, 0.25) is 0 Å². The van der Waals surface area contributed by atoms with Gasteiger partial charge in [0.05, 0.1) is 0 Å². The summed E-state index contributed by atoms with van der Waals surface area (Å²) < 4.78 is 0. The van der Waals surface area contributed by atoms with Crippen LogP contribution in [0.5, 0.6) is 0 Å². The fourth-order valence-corrected chi connectivity index (χ4v) is 2.98. The molecule has 0 fully saturated rings. The van der Waals surface area contributed by atoms with E-state index in [2.05, 4.69) is 50.9 Å². The van der Waals surface area contributed by atoms with Gasteiger partial charge in [-0.1, -0.05) is 32.9 Å². The zero-order valence-corrected chi connectivity index (χ0v) is 11.5. The standard InChI is InChI=1S/C17H19N/c1-11-7-14-13(9-16(11)17(2,3)4)8-12-5-6-18-10-15(12)14/h5-7,9-10H,8H2,1-4H3. The topological polar surface area (TPSA) is 12.9 Å². The molecule has 1 heteroatoms. The molecular weight excluding hydrogens is 218 g/mol. The van der Waals surface area contributed by atoms with E-state index >= 15 is 0 Å². The molecule has 0 bridgehead atoms. The van der Waals surface area contributed by atoms with Crippen LogP contribution in [0, 0.1) is 6.92 Å². The largest absolute Gasteiger partial charge is 0.264 e. The first kappa shape index (κ1) is 11.5. The number of aromatic nitrogens is 1. The summed E-state index contributed by atoms with van der Waals surface area (Å²) in [5, 5.41) is 0. The van der Waals surface area contributed by atoms with Crippen LogP contribution in [0.1, 0.15) is 43.0 Å². The Kier molecular flexibility index (Phi) is 2.34. The highest BCUT2D eigenvalue weighted by Crippen LogP contribution is 2.39. The zero-order chi connectivity index (χ0) is 12.9. The number of hydrogen-bond acceptors (Lipinski definition) is 1. The molecule has 1 nitrogen and oxygen atoms in total. The van der Waals surface area contributed by atoms with E-state index in [1.807, 2.05) is 12.4 Å². The third-order valence-electron chi connectivity index (χ3n) is 3.84. The lowest BCUT2D eigenvalue weighted by Gasteiger charge is -2.23. The van der Waals surface area contributed by atoms with Crippen molar-refractivity contribution >= 4 is 0 Å². The second-order valence-electron chi connectivity index (χ2n) is 6.28. The Labute approximate surface area is 109 Å². The van der Waals surface area contributed by atoms with E-state index in [0.29, 0.717) is 0 Å². The molecule has 0 unspecified atom stereocenters. The van der Waals surface area contributed by atoms with Gasteiger partial charge in [-0.05, 0) is 52.6 Å². The summed E-state index contributed by atoms with van der Waals surface area (Å²) in [7, 11) is 0. The quantitative estimate of drug-likeness (QED) is 0.569. The van der Waals surface area contributed by atoms with Crippen LogP contribution in [0.25, 0.3) is 11.1 Å². The minimum Gasteiger partial charge on any atom is -0.264 e. The Bertz CT molecular complexity index is 618. The molecule has 0 spiro atoms. The molecule has 0 amide bonds. The van der Waals surface area contributed by atoms with Crippen LogP contribution >= 0.6 is 0 Å². The van der Waals surface area contributed by atoms with Gasteiger partial charge < -0.3 is 0 Å². The average molecular weight is 237 g/mol. The smallest absolute Gasteiger partial charge is 0.0349 e. The first-order chi connectivity index (χ1) is 8.47. The van der Waals surface area contributed by atoms with Crippen molar-refractivity contribution in [3.8, 4) is 11.1 Å². The number of aryl methyl sites for hydroxylation is 1. The Morgan fingerprint density at radius 2 is 1.83 bits per heavy atom. The Morgan fingerprint density at radius 3 is 2.56 bits per heavy atom. The van der Waals surface area contributed by atoms with Crippen LogP contribution in [0.2, 0.25) is 0 Å². The monoisotopic (exact) mass is 237 g/mol. The molecule has 3 rings (SSSR count). The highest BCUT2D eigenvalue weighted by molar-refractivity contribution is 5.77. The molecule has 18 heavy (non-hydrogen) atoms. The normalized spacial score (nSPS) is 13.3. The summed E-state index contributed by atoms with van der Waals surface area (Å²) in [6, 6.07) is 6.87. The fraction of sp³-hybridized carbons (Fsp3) is 0.353. The molecular formula is C17H19N. The van der Waals surface area contributed by atoms with Gasteiger partial charge in [0, 0.05) is 18.0 Å². The van der Waals surface area contributed by atoms with E-state index < -0.39 is 0 Å². The molecule has 0 atom stereocenters. The average Bonchev–Trinajstić information content (AvgIpc) is 2.65. The second-order valence-corrected chi connectivity index (χ2v) is 6.28. The number of hydrogen-bond donors (Lipinski definition) is 0. The van der Waals surface area contributed by atoms with Gasteiger partial charge in [-0.3, -0.25) is 4.98 Å². The number of benzene rings is 1. The second kappa shape index (κ2) is 3.68. The lowest BCUT2D eigenvalue weighted by molar-refractivity contribution is 0.585. The van der Waals surface area contributed by atoms with Crippen LogP contribution in [0.4, 0.5) is 0 Å². The summed E-state index contributed by atoms with van der Waals surface area (Å²) in [6.45, 7) is 9.07. The summed E-state index contributed by atoms with van der Waals surface area (Å²) in [4.78, 5) is 4.26. The molecule has 1 heterocycles. The van der Waals surface area contributed by atoms with Crippen LogP contribution in [-0.4, -0.2) is 4.98 Å². The van der Waals surface area contributed by atoms with Crippen LogP contribution in [-0.2, 0) is 11.8 Å². The van der Waals surface area contributed by atoms with Crippen molar-refractivity contribution in [3.05, 3.63) is 52.8 Å². The van der Waals surface area contributed by atoms with Crippen molar-refractivity contribution in [2.75, 3.05) is 0 Å². The SMILES string of the molecule is Cc1cc2c(cc1C(C)(C)C)Cc1ccncc1-2. The zero-order valence-electron chi connectivity index (χ0n) is 11.5. The molecule has 2 aromatic rings. The Hall–Kier alpha value is -1.63. The van der Waals surface area contributed by atoms with E-state index in [9.17, 15) is 0 Å². The maximum absolute atomic E-state index is 4.26. The minimum atomic E-state index is 0.214. The van der Waals surface area contributed by atoms with E-state index in [1.165, 1.54) is 33.4 Å². The molecule has 1 aliphatic carbocycles. The third-order valence-corrected chi connectivity index (χ3v) is 3.84. The van der Waals surface area contributed by atoms with Gasteiger partial charge >= 0.3 is 0 Å². The fourth-order valence-electron chi connectivity index (χ4n) is 2.98. The van der Waals surface area contributed by atoms with Crippen molar-refractivity contribution < 1.29 is 0 Å². The number of rotatable bonds is 0. The van der Waals surface area contributed by atoms with Gasteiger partial charge in [-0.15, -0.1) is 0 Å². The lowest BCUT2D eigenvalue weighted by Crippen LogP contribution is -2.13. The molecule has 0 saturated heterocycles. The summed E-state index contributed by atoms with van der Waals surface area (Å²) in [5.74, 6) is 0. The first-order valence-corrected chi connectivity index (χ1v) is 6.54. The first-order valence-electron chi connectivity index (χ1n) is 6.54. The summed E-state index contributed by atoms with van der Waals surface area (Å²) in [6.07, 6.45) is 4.94. The predicted molar refractivity (Wildman–Crippen MR) is 75.9 cm³/mol. The van der Waals surface area contributed by atoms with Gasteiger partial charge in [0.15, 0.2) is 0 Å². The van der Waals surface area contributed by atoms with E-state index in [4.69, 9.17) is 0 Å². The van der Waals surface area contributed by atoms with Crippen LogP contribution in [0.15, 0.2) is 30.6 Å². The predicted octanol–water partition coefficient (Wildman–Crippen LogP) is 4.26. The molecule has 1 aromatic heterocycles. The maximum Gasteiger partial charge on any atom is 0.0349 e. The lowest BCUT2D eigenvalue weighted by atomic mass is 9.82. The number of fused-ring (bicyclic) bond motifs is 3. The molecule has 0 radical (unpaired) electrons. The van der Waals surface area contributed by atoms with E-state index in [-0.39, 0.29) is 5.41 Å². The van der Waals surface area contributed by atoms with Gasteiger partial charge in [0.25, 0.3) is 0 Å². The van der Waals surface area contributed by atoms with Crippen molar-refractivity contribution in [1.29, 1.82) is 0 Å².